The maximum Gasteiger partial charge on any atom is 0.412 e. The molecule has 0 spiro atoms. The number of aromatic nitrogens is 1. The lowest BCUT2D eigenvalue weighted by molar-refractivity contribution is -0.203. The minimum atomic E-state index is -4.26. The first-order chi connectivity index (χ1) is 7.56. The number of rotatable bonds is 1. The third-order valence-corrected chi connectivity index (χ3v) is 3.20. The van der Waals surface area contributed by atoms with Crippen molar-refractivity contribution >= 4 is 0 Å². The van der Waals surface area contributed by atoms with Crippen LogP contribution in [-0.2, 0) is 5.54 Å². The largest absolute Gasteiger partial charge is 0.412 e. The van der Waals surface area contributed by atoms with E-state index >= 15 is 0 Å². The molecule has 2 rings (SSSR count). The van der Waals surface area contributed by atoms with Crippen molar-refractivity contribution in [3.8, 4) is 0 Å². The molecule has 1 atom stereocenters. The summed E-state index contributed by atoms with van der Waals surface area (Å²) in [5.41, 5.74) is -1.66. The van der Waals surface area contributed by atoms with Crippen LogP contribution in [0.2, 0.25) is 0 Å². The van der Waals surface area contributed by atoms with E-state index in [9.17, 15) is 13.2 Å². The Bertz CT molecular complexity index is 321. The van der Waals surface area contributed by atoms with Gasteiger partial charge in [-0.2, -0.15) is 13.2 Å². The first-order valence-corrected chi connectivity index (χ1v) is 5.52. The molecule has 0 aromatic carbocycles. The van der Waals surface area contributed by atoms with E-state index in [2.05, 4.69) is 10.3 Å². The van der Waals surface area contributed by atoms with Crippen molar-refractivity contribution in [3.05, 3.63) is 24.0 Å². The molecule has 1 fully saturated rings. The number of aromatic amines is 1. The summed E-state index contributed by atoms with van der Waals surface area (Å²) in [6.45, 7) is 0.415. The molecule has 1 saturated heterocycles. The van der Waals surface area contributed by atoms with Crippen LogP contribution in [0.1, 0.15) is 31.4 Å². The third-order valence-electron chi connectivity index (χ3n) is 3.20. The van der Waals surface area contributed by atoms with Gasteiger partial charge in [0.15, 0.2) is 5.54 Å². The molecule has 0 amide bonds. The van der Waals surface area contributed by atoms with Gasteiger partial charge in [-0.25, -0.2) is 0 Å². The molecule has 0 saturated carbocycles. The summed E-state index contributed by atoms with van der Waals surface area (Å²) in [5, 5.41) is 2.68. The number of nitrogens with one attached hydrogen (secondary N) is 2. The Morgan fingerprint density at radius 2 is 2.00 bits per heavy atom. The van der Waals surface area contributed by atoms with Gasteiger partial charge in [0.05, 0.1) is 0 Å². The number of halogens is 3. The van der Waals surface area contributed by atoms with E-state index in [1.54, 1.807) is 6.07 Å². The third kappa shape index (κ3) is 1.84. The van der Waals surface area contributed by atoms with Crippen LogP contribution in [0.4, 0.5) is 13.2 Å². The zero-order chi connectivity index (χ0) is 11.6. The number of alkyl halides is 3. The van der Waals surface area contributed by atoms with Crippen LogP contribution in [-0.4, -0.2) is 17.7 Å². The maximum absolute atomic E-state index is 13.3. The average molecular weight is 232 g/mol. The van der Waals surface area contributed by atoms with Crippen molar-refractivity contribution < 1.29 is 13.2 Å². The number of hydrogen-bond acceptors (Lipinski definition) is 1. The topological polar surface area (TPSA) is 27.8 Å². The predicted molar refractivity (Wildman–Crippen MR) is 55.0 cm³/mol. The molecule has 0 bridgehead atoms. The monoisotopic (exact) mass is 232 g/mol. The minimum Gasteiger partial charge on any atom is -0.363 e. The Morgan fingerprint density at radius 3 is 2.62 bits per heavy atom. The molecule has 2 nitrogen and oxygen atoms in total. The molecule has 0 radical (unpaired) electrons. The van der Waals surface area contributed by atoms with Gasteiger partial charge < -0.3 is 4.98 Å². The Kier molecular flexibility index (Phi) is 2.97. The molecule has 0 aliphatic carbocycles. The number of H-pyrrole nitrogens is 1. The van der Waals surface area contributed by atoms with E-state index in [0.29, 0.717) is 13.0 Å². The van der Waals surface area contributed by atoms with Crippen LogP contribution in [0.5, 0.6) is 0 Å². The SMILES string of the molecule is FC(F)(F)C1(c2ccc[nH]2)CCCCCN1. The average Bonchev–Trinajstić information content (AvgIpc) is 2.61. The van der Waals surface area contributed by atoms with E-state index in [4.69, 9.17) is 0 Å². The lowest BCUT2D eigenvalue weighted by atomic mass is 9.89. The van der Waals surface area contributed by atoms with Gasteiger partial charge in [0.2, 0.25) is 0 Å². The van der Waals surface area contributed by atoms with Gasteiger partial charge in [0, 0.05) is 11.9 Å². The quantitative estimate of drug-likeness (QED) is 0.765. The summed E-state index contributed by atoms with van der Waals surface area (Å²) in [4.78, 5) is 2.70. The standard InChI is InChI=1S/C11H15F3N2/c12-11(13,14)10(9-5-4-7-15-9)6-2-1-3-8-16-10/h4-5,7,15-16H,1-3,6,8H2. The van der Waals surface area contributed by atoms with E-state index in [0.717, 1.165) is 12.8 Å². The Morgan fingerprint density at radius 1 is 1.19 bits per heavy atom. The summed E-state index contributed by atoms with van der Waals surface area (Å²) < 4.78 is 39.8. The lowest BCUT2D eigenvalue weighted by Crippen LogP contribution is -2.53. The van der Waals surface area contributed by atoms with Gasteiger partial charge in [0.1, 0.15) is 0 Å². The molecule has 1 aromatic heterocycles. The molecule has 1 aromatic rings. The van der Waals surface area contributed by atoms with Crippen LogP contribution < -0.4 is 5.32 Å². The zero-order valence-electron chi connectivity index (χ0n) is 8.90. The lowest BCUT2D eigenvalue weighted by Gasteiger charge is -2.35. The van der Waals surface area contributed by atoms with Crippen LogP contribution in [0, 0.1) is 0 Å². The van der Waals surface area contributed by atoms with Crippen molar-refractivity contribution in [1.82, 2.24) is 10.3 Å². The van der Waals surface area contributed by atoms with Gasteiger partial charge in [0.25, 0.3) is 0 Å². The zero-order valence-corrected chi connectivity index (χ0v) is 8.90. The van der Waals surface area contributed by atoms with Crippen LogP contribution in [0.25, 0.3) is 0 Å². The highest BCUT2D eigenvalue weighted by atomic mass is 19.4. The van der Waals surface area contributed by atoms with Crippen molar-refractivity contribution in [2.24, 2.45) is 0 Å². The fourth-order valence-corrected chi connectivity index (χ4v) is 2.30. The molecule has 1 unspecified atom stereocenters. The van der Waals surface area contributed by atoms with Crippen LogP contribution in [0.15, 0.2) is 18.3 Å². The molecule has 2 heterocycles. The Labute approximate surface area is 92.2 Å². The van der Waals surface area contributed by atoms with Crippen molar-refractivity contribution in [2.45, 2.75) is 37.4 Å². The molecule has 90 valence electrons. The molecular formula is C11H15F3N2. The summed E-state index contributed by atoms with van der Waals surface area (Å²) in [5.74, 6) is 0. The highest BCUT2D eigenvalue weighted by Crippen LogP contribution is 2.43. The van der Waals surface area contributed by atoms with Crippen molar-refractivity contribution in [1.29, 1.82) is 0 Å². The summed E-state index contributed by atoms with van der Waals surface area (Å²) in [6, 6.07) is 3.11. The molecule has 1 aliphatic heterocycles. The van der Waals surface area contributed by atoms with Crippen LogP contribution >= 0.6 is 0 Å². The smallest absolute Gasteiger partial charge is 0.363 e. The van der Waals surface area contributed by atoms with Gasteiger partial charge >= 0.3 is 6.18 Å². The van der Waals surface area contributed by atoms with E-state index < -0.39 is 11.7 Å². The fourth-order valence-electron chi connectivity index (χ4n) is 2.30. The molecule has 1 aliphatic rings. The summed E-state index contributed by atoms with van der Waals surface area (Å²) in [7, 11) is 0. The maximum atomic E-state index is 13.3. The highest BCUT2D eigenvalue weighted by molar-refractivity contribution is 5.20. The van der Waals surface area contributed by atoms with E-state index in [-0.39, 0.29) is 12.1 Å². The first-order valence-electron chi connectivity index (χ1n) is 5.52. The Balaban J connectivity index is 2.39. The van der Waals surface area contributed by atoms with Gasteiger partial charge in [-0.1, -0.05) is 12.8 Å². The van der Waals surface area contributed by atoms with Crippen molar-refractivity contribution in [2.75, 3.05) is 6.54 Å². The van der Waals surface area contributed by atoms with Crippen molar-refractivity contribution in [3.63, 3.8) is 0 Å². The predicted octanol–water partition coefficient (Wildman–Crippen LogP) is 2.94. The fraction of sp³-hybridized carbons (Fsp3) is 0.636. The normalized spacial score (nSPS) is 27.7. The number of hydrogen-bond donors (Lipinski definition) is 2. The van der Waals surface area contributed by atoms with E-state index in [1.807, 2.05) is 0 Å². The molecule has 5 heteroatoms. The Hall–Kier alpha value is -0.970. The summed E-state index contributed by atoms with van der Waals surface area (Å²) in [6.07, 6.45) is -0.357. The molecular weight excluding hydrogens is 217 g/mol. The van der Waals surface area contributed by atoms with Gasteiger partial charge in [-0.3, -0.25) is 5.32 Å². The second-order valence-corrected chi connectivity index (χ2v) is 4.22. The summed E-state index contributed by atoms with van der Waals surface area (Å²) >= 11 is 0. The van der Waals surface area contributed by atoms with E-state index in [1.165, 1.54) is 12.3 Å². The second kappa shape index (κ2) is 4.13. The molecule has 16 heavy (non-hydrogen) atoms. The minimum absolute atomic E-state index is 0.108. The van der Waals surface area contributed by atoms with Gasteiger partial charge in [-0.15, -0.1) is 0 Å². The first kappa shape index (κ1) is 11.5. The highest BCUT2D eigenvalue weighted by Gasteiger charge is 2.56. The van der Waals surface area contributed by atoms with Crippen LogP contribution in [0.3, 0.4) is 0 Å². The molecule has 2 N–H and O–H groups in total. The van der Waals surface area contributed by atoms with Gasteiger partial charge in [-0.05, 0) is 31.5 Å². The second-order valence-electron chi connectivity index (χ2n) is 4.22.